The van der Waals surface area contributed by atoms with E-state index in [4.69, 9.17) is 0 Å². The summed E-state index contributed by atoms with van der Waals surface area (Å²) in [6, 6.07) is 5.57. The zero-order valence-electron chi connectivity index (χ0n) is 11.6. The number of hydrogen-bond donors (Lipinski definition) is 0. The molecule has 1 heterocycles. The largest absolute Gasteiger partial charge is 0.331 e. The molecule has 1 aliphatic rings. The average molecular weight is 307 g/mol. The van der Waals surface area contributed by atoms with Gasteiger partial charge in [-0.05, 0) is 42.8 Å². The van der Waals surface area contributed by atoms with Gasteiger partial charge in [-0.3, -0.25) is 4.79 Å². The van der Waals surface area contributed by atoms with Crippen molar-refractivity contribution in [2.75, 3.05) is 0 Å². The Labute approximate surface area is 126 Å². The van der Waals surface area contributed by atoms with Crippen molar-refractivity contribution < 1.29 is 13.6 Å². The lowest BCUT2D eigenvalue weighted by molar-refractivity contribution is 0.0732. The first-order chi connectivity index (χ1) is 10.1. The molecular formula is C16H15F2NOS. The highest BCUT2D eigenvalue weighted by Gasteiger charge is 2.34. The molecule has 110 valence electrons. The summed E-state index contributed by atoms with van der Waals surface area (Å²) in [6.07, 6.45) is 1.89. The van der Waals surface area contributed by atoms with Crippen LogP contribution in [0.1, 0.15) is 33.6 Å². The molecule has 1 amide bonds. The number of hydrogen-bond acceptors (Lipinski definition) is 2. The molecule has 0 saturated heterocycles. The fourth-order valence-corrected chi connectivity index (χ4v) is 3.19. The van der Waals surface area contributed by atoms with Gasteiger partial charge >= 0.3 is 0 Å². The highest BCUT2D eigenvalue weighted by Crippen LogP contribution is 2.32. The maximum absolute atomic E-state index is 13.8. The lowest BCUT2D eigenvalue weighted by Gasteiger charge is -2.22. The van der Waals surface area contributed by atoms with Crippen molar-refractivity contribution in [1.82, 2.24) is 4.90 Å². The van der Waals surface area contributed by atoms with Gasteiger partial charge in [-0.25, -0.2) is 8.78 Å². The lowest BCUT2D eigenvalue weighted by Crippen LogP contribution is -2.32. The number of carbonyl (C=O) groups is 1. The zero-order chi connectivity index (χ0) is 15.0. The SMILES string of the molecule is Cc1ccsc1C(=O)N(Cc1ccc(F)cc1F)C1CC1. The minimum atomic E-state index is -0.602. The van der Waals surface area contributed by atoms with E-state index in [1.807, 2.05) is 18.4 Å². The van der Waals surface area contributed by atoms with Gasteiger partial charge in [0.1, 0.15) is 11.6 Å². The van der Waals surface area contributed by atoms with Crippen LogP contribution in [0.2, 0.25) is 0 Å². The van der Waals surface area contributed by atoms with Crippen molar-refractivity contribution in [3.8, 4) is 0 Å². The predicted octanol–water partition coefficient (Wildman–Crippen LogP) is 4.14. The Hall–Kier alpha value is -1.75. The lowest BCUT2D eigenvalue weighted by atomic mass is 10.1. The summed E-state index contributed by atoms with van der Waals surface area (Å²) in [5.74, 6) is -1.26. The Morgan fingerprint density at radius 1 is 1.33 bits per heavy atom. The first kappa shape index (κ1) is 14.2. The highest BCUT2D eigenvalue weighted by atomic mass is 32.1. The maximum Gasteiger partial charge on any atom is 0.264 e. The van der Waals surface area contributed by atoms with Gasteiger partial charge in [0.15, 0.2) is 0 Å². The Balaban J connectivity index is 1.85. The third-order valence-corrected chi connectivity index (χ3v) is 4.67. The molecule has 21 heavy (non-hydrogen) atoms. The van der Waals surface area contributed by atoms with E-state index in [9.17, 15) is 13.6 Å². The monoisotopic (exact) mass is 307 g/mol. The Bertz CT molecular complexity index is 679. The second kappa shape index (κ2) is 5.56. The topological polar surface area (TPSA) is 20.3 Å². The van der Waals surface area contributed by atoms with Crippen LogP contribution in [0.5, 0.6) is 0 Å². The summed E-state index contributed by atoms with van der Waals surface area (Å²) in [7, 11) is 0. The van der Waals surface area contributed by atoms with Crippen LogP contribution in [0.25, 0.3) is 0 Å². The molecule has 5 heteroatoms. The molecule has 1 aromatic carbocycles. The van der Waals surface area contributed by atoms with Crippen LogP contribution in [0.3, 0.4) is 0 Å². The van der Waals surface area contributed by atoms with Crippen molar-refractivity contribution in [3.05, 3.63) is 57.3 Å². The zero-order valence-corrected chi connectivity index (χ0v) is 12.4. The molecule has 2 nitrogen and oxygen atoms in total. The van der Waals surface area contributed by atoms with Gasteiger partial charge in [0.2, 0.25) is 0 Å². The molecule has 0 spiro atoms. The number of nitrogens with zero attached hydrogens (tertiary/aromatic N) is 1. The van der Waals surface area contributed by atoms with E-state index >= 15 is 0 Å². The van der Waals surface area contributed by atoms with Gasteiger partial charge < -0.3 is 4.90 Å². The van der Waals surface area contributed by atoms with E-state index in [1.54, 1.807) is 4.90 Å². The van der Waals surface area contributed by atoms with E-state index < -0.39 is 11.6 Å². The average Bonchev–Trinajstić information content (AvgIpc) is 3.19. The van der Waals surface area contributed by atoms with Gasteiger partial charge in [0.05, 0.1) is 4.88 Å². The standard InChI is InChI=1S/C16H15F2NOS/c1-10-6-7-21-15(10)16(20)19(13-4-5-13)9-11-2-3-12(17)8-14(11)18/h2-3,6-8,13H,4-5,9H2,1H3. The third-order valence-electron chi connectivity index (χ3n) is 3.66. The van der Waals surface area contributed by atoms with E-state index in [0.717, 1.165) is 24.5 Å². The molecule has 0 radical (unpaired) electrons. The molecule has 1 fully saturated rings. The number of thiophene rings is 1. The molecule has 1 aromatic heterocycles. The van der Waals surface area contributed by atoms with Crippen LogP contribution in [-0.2, 0) is 6.54 Å². The van der Waals surface area contributed by atoms with Crippen molar-refractivity contribution in [1.29, 1.82) is 0 Å². The summed E-state index contributed by atoms with van der Waals surface area (Å²) in [6.45, 7) is 2.08. The van der Waals surface area contributed by atoms with Crippen LogP contribution >= 0.6 is 11.3 Å². The molecule has 1 saturated carbocycles. The fourth-order valence-electron chi connectivity index (χ4n) is 2.31. The minimum absolute atomic E-state index is 0.0614. The molecule has 1 aliphatic carbocycles. The number of carbonyl (C=O) groups excluding carboxylic acids is 1. The second-order valence-electron chi connectivity index (χ2n) is 5.33. The molecule has 0 bridgehead atoms. The number of halogens is 2. The van der Waals surface area contributed by atoms with Gasteiger partial charge in [0.25, 0.3) is 5.91 Å². The van der Waals surface area contributed by atoms with Crippen molar-refractivity contribution in [2.24, 2.45) is 0 Å². The molecular weight excluding hydrogens is 292 g/mol. The summed E-state index contributed by atoms with van der Waals surface area (Å²) in [5.41, 5.74) is 1.29. The van der Waals surface area contributed by atoms with Crippen molar-refractivity contribution in [3.63, 3.8) is 0 Å². The van der Waals surface area contributed by atoms with Gasteiger partial charge in [0, 0.05) is 24.2 Å². The normalized spacial score (nSPS) is 14.2. The number of benzene rings is 1. The molecule has 0 unspecified atom stereocenters. The van der Waals surface area contributed by atoms with Crippen molar-refractivity contribution in [2.45, 2.75) is 32.4 Å². The first-order valence-electron chi connectivity index (χ1n) is 6.85. The molecule has 2 aromatic rings. The Kier molecular flexibility index (Phi) is 3.76. The maximum atomic E-state index is 13.8. The van der Waals surface area contributed by atoms with E-state index in [0.29, 0.717) is 10.4 Å². The van der Waals surface area contributed by atoms with Crippen LogP contribution < -0.4 is 0 Å². The Morgan fingerprint density at radius 2 is 2.10 bits per heavy atom. The number of aryl methyl sites for hydroxylation is 1. The molecule has 3 rings (SSSR count). The Morgan fingerprint density at radius 3 is 2.67 bits per heavy atom. The van der Waals surface area contributed by atoms with Crippen LogP contribution in [-0.4, -0.2) is 16.8 Å². The van der Waals surface area contributed by atoms with Gasteiger partial charge in [-0.15, -0.1) is 11.3 Å². The molecule has 0 aliphatic heterocycles. The summed E-state index contributed by atoms with van der Waals surface area (Å²) < 4.78 is 26.8. The summed E-state index contributed by atoms with van der Waals surface area (Å²) in [5, 5.41) is 1.88. The smallest absolute Gasteiger partial charge is 0.264 e. The van der Waals surface area contributed by atoms with Crippen LogP contribution in [0.15, 0.2) is 29.6 Å². The summed E-state index contributed by atoms with van der Waals surface area (Å²) in [4.78, 5) is 15.0. The van der Waals surface area contributed by atoms with E-state index in [2.05, 4.69) is 0 Å². The van der Waals surface area contributed by atoms with Crippen LogP contribution in [0, 0.1) is 18.6 Å². The predicted molar refractivity (Wildman–Crippen MR) is 78.3 cm³/mol. The van der Waals surface area contributed by atoms with E-state index in [1.165, 1.54) is 23.5 Å². The highest BCUT2D eigenvalue weighted by molar-refractivity contribution is 7.12. The fraction of sp³-hybridized carbons (Fsp3) is 0.312. The number of rotatable bonds is 4. The third kappa shape index (κ3) is 2.97. The quantitative estimate of drug-likeness (QED) is 0.831. The van der Waals surface area contributed by atoms with Crippen LogP contribution in [0.4, 0.5) is 8.78 Å². The summed E-state index contributed by atoms with van der Waals surface area (Å²) >= 11 is 1.40. The van der Waals surface area contributed by atoms with Crippen molar-refractivity contribution >= 4 is 17.2 Å². The van der Waals surface area contributed by atoms with Gasteiger partial charge in [-0.2, -0.15) is 0 Å². The molecule has 0 atom stereocenters. The second-order valence-corrected chi connectivity index (χ2v) is 6.25. The van der Waals surface area contributed by atoms with Gasteiger partial charge in [-0.1, -0.05) is 6.07 Å². The number of amides is 1. The first-order valence-corrected chi connectivity index (χ1v) is 7.73. The van der Waals surface area contributed by atoms with E-state index in [-0.39, 0.29) is 18.5 Å². The molecule has 0 N–H and O–H groups in total. The minimum Gasteiger partial charge on any atom is -0.331 e.